The van der Waals surface area contributed by atoms with Crippen LogP contribution in [-0.4, -0.2) is 26.0 Å². The molecule has 1 N–H and O–H groups in total. The second kappa shape index (κ2) is 6.58. The molecule has 0 fully saturated rings. The van der Waals surface area contributed by atoms with Crippen LogP contribution in [0, 0.1) is 6.92 Å². The van der Waals surface area contributed by atoms with Crippen molar-refractivity contribution >= 4 is 17.8 Å². The van der Waals surface area contributed by atoms with Gasteiger partial charge in [0.15, 0.2) is 0 Å². The molecule has 0 atom stereocenters. The maximum absolute atomic E-state index is 12.2. The number of amides is 1. The van der Waals surface area contributed by atoms with Crippen molar-refractivity contribution in [1.82, 2.24) is 5.32 Å². The molecule has 5 heteroatoms. The summed E-state index contributed by atoms with van der Waals surface area (Å²) in [4.78, 5) is 16.7. The molecule has 0 aliphatic carbocycles. The Morgan fingerprint density at radius 1 is 1.04 bits per heavy atom. The lowest BCUT2D eigenvalue weighted by atomic mass is 10.1. The predicted octanol–water partition coefficient (Wildman–Crippen LogP) is 2.93. The van der Waals surface area contributed by atoms with Crippen molar-refractivity contribution in [2.45, 2.75) is 6.92 Å². The summed E-state index contributed by atoms with van der Waals surface area (Å²) in [5.74, 6) is 1.65. The topological polar surface area (TPSA) is 59.9 Å². The van der Waals surface area contributed by atoms with E-state index in [4.69, 9.17) is 9.47 Å². The molecule has 0 saturated carbocycles. The van der Waals surface area contributed by atoms with E-state index < -0.39 is 0 Å². The Hall–Kier alpha value is -3.08. The van der Waals surface area contributed by atoms with E-state index in [1.165, 1.54) is 0 Å². The average molecular weight is 322 g/mol. The zero-order chi connectivity index (χ0) is 17.1. The number of nitrogens with zero attached hydrogens (tertiary/aromatic N) is 1. The maximum Gasteiger partial charge on any atom is 0.275 e. The molecule has 0 bridgehead atoms. The van der Waals surface area contributed by atoms with Gasteiger partial charge in [-0.3, -0.25) is 4.79 Å². The number of rotatable bonds is 4. The van der Waals surface area contributed by atoms with Gasteiger partial charge in [-0.25, -0.2) is 4.99 Å². The third-order valence-corrected chi connectivity index (χ3v) is 3.77. The summed E-state index contributed by atoms with van der Waals surface area (Å²) < 4.78 is 10.5. The molecular weight excluding hydrogens is 304 g/mol. The third-order valence-electron chi connectivity index (χ3n) is 3.77. The van der Waals surface area contributed by atoms with Crippen LogP contribution in [0.4, 0.5) is 0 Å². The Morgan fingerprint density at radius 3 is 2.33 bits per heavy atom. The van der Waals surface area contributed by atoms with Gasteiger partial charge in [0.2, 0.25) is 0 Å². The Balaban J connectivity index is 1.99. The monoisotopic (exact) mass is 322 g/mol. The van der Waals surface area contributed by atoms with Gasteiger partial charge < -0.3 is 14.8 Å². The van der Waals surface area contributed by atoms with E-state index in [2.05, 4.69) is 10.3 Å². The minimum Gasteiger partial charge on any atom is -0.497 e. The number of aryl methyl sites for hydroxylation is 1. The summed E-state index contributed by atoms with van der Waals surface area (Å²) >= 11 is 0. The van der Waals surface area contributed by atoms with Crippen LogP contribution in [0.5, 0.6) is 11.5 Å². The third kappa shape index (κ3) is 3.15. The number of methoxy groups -OCH3 is 2. The Kier molecular flexibility index (Phi) is 4.33. The number of ether oxygens (including phenoxy) is 2. The molecule has 1 aliphatic rings. The number of carbonyl (C=O) groups excluding carboxylic acids is 1. The molecule has 1 heterocycles. The highest BCUT2D eigenvalue weighted by molar-refractivity contribution is 6.20. The minimum absolute atomic E-state index is 0.227. The van der Waals surface area contributed by atoms with E-state index in [9.17, 15) is 4.79 Å². The first-order valence-corrected chi connectivity index (χ1v) is 7.51. The molecule has 1 aliphatic heterocycles. The maximum atomic E-state index is 12.2. The molecule has 5 nitrogen and oxygen atoms in total. The highest BCUT2D eigenvalue weighted by atomic mass is 16.5. The molecule has 24 heavy (non-hydrogen) atoms. The van der Waals surface area contributed by atoms with Crippen LogP contribution in [0.2, 0.25) is 0 Å². The smallest absolute Gasteiger partial charge is 0.275 e. The number of carbonyl (C=O) groups is 1. The lowest BCUT2D eigenvalue weighted by Crippen LogP contribution is -2.25. The van der Waals surface area contributed by atoms with E-state index in [0.29, 0.717) is 23.0 Å². The molecular formula is C19H18N2O3. The van der Waals surface area contributed by atoms with Gasteiger partial charge in [0, 0.05) is 11.6 Å². The molecule has 3 rings (SSSR count). The van der Waals surface area contributed by atoms with Crippen LogP contribution in [0.3, 0.4) is 0 Å². The van der Waals surface area contributed by atoms with Gasteiger partial charge in [0.1, 0.15) is 23.0 Å². The number of hydrogen-bond acceptors (Lipinski definition) is 4. The van der Waals surface area contributed by atoms with E-state index >= 15 is 0 Å². The second-order valence-electron chi connectivity index (χ2n) is 5.41. The summed E-state index contributed by atoms with van der Waals surface area (Å²) in [6.45, 7) is 1.98. The summed E-state index contributed by atoms with van der Waals surface area (Å²) in [6.07, 6.45) is 1.71. The Morgan fingerprint density at radius 2 is 1.71 bits per heavy atom. The average Bonchev–Trinajstić information content (AvgIpc) is 2.95. The second-order valence-corrected chi connectivity index (χ2v) is 5.41. The highest BCUT2D eigenvalue weighted by Gasteiger charge is 2.22. The van der Waals surface area contributed by atoms with Crippen LogP contribution in [0.25, 0.3) is 6.08 Å². The number of amidine groups is 1. The van der Waals surface area contributed by atoms with Crippen LogP contribution in [-0.2, 0) is 4.79 Å². The number of benzene rings is 2. The zero-order valence-electron chi connectivity index (χ0n) is 13.8. The molecule has 0 aromatic heterocycles. The van der Waals surface area contributed by atoms with Crippen LogP contribution >= 0.6 is 0 Å². The van der Waals surface area contributed by atoms with E-state index in [1.54, 1.807) is 26.4 Å². The first-order valence-electron chi connectivity index (χ1n) is 7.51. The van der Waals surface area contributed by atoms with Gasteiger partial charge in [0.25, 0.3) is 5.91 Å². The van der Waals surface area contributed by atoms with Crippen molar-refractivity contribution < 1.29 is 14.3 Å². The van der Waals surface area contributed by atoms with Crippen LogP contribution in [0.1, 0.15) is 16.7 Å². The molecule has 122 valence electrons. The molecule has 2 aromatic rings. The van der Waals surface area contributed by atoms with Gasteiger partial charge >= 0.3 is 0 Å². The molecule has 0 saturated heterocycles. The van der Waals surface area contributed by atoms with Gasteiger partial charge in [-0.15, -0.1) is 0 Å². The van der Waals surface area contributed by atoms with Crippen molar-refractivity contribution in [3.05, 3.63) is 64.9 Å². The van der Waals surface area contributed by atoms with Crippen LogP contribution < -0.4 is 14.8 Å². The predicted molar refractivity (Wildman–Crippen MR) is 93.4 cm³/mol. The molecule has 1 amide bonds. The fraction of sp³-hybridized carbons (Fsp3) is 0.158. The largest absolute Gasteiger partial charge is 0.497 e. The van der Waals surface area contributed by atoms with Crippen molar-refractivity contribution in [2.24, 2.45) is 4.99 Å². The zero-order valence-corrected chi connectivity index (χ0v) is 13.8. The normalized spacial score (nSPS) is 15.2. The summed E-state index contributed by atoms with van der Waals surface area (Å²) in [5.41, 5.74) is 3.10. The summed E-state index contributed by atoms with van der Waals surface area (Å²) in [5, 5.41) is 2.82. The molecule has 0 unspecified atom stereocenters. The quantitative estimate of drug-likeness (QED) is 0.881. The molecule has 2 aromatic carbocycles. The van der Waals surface area contributed by atoms with Crippen molar-refractivity contribution in [1.29, 1.82) is 0 Å². The minimum atomic E-state index is -0.227. The summed E-state index contributed by atoms with van der Waals surface area (Å²) in [7, 11) is 3.17. The number of nitrogens with one attached hydrogen (secondary N) is 1. The molecule has 0 radical (unpaired) electrons. The first-order chi connectivity index (χ1) is 11.6. The number of hydrogen-bond donors (Lipinski definition) is 1. The van der Waals surface area contributed by atoms with Crippen molar-refractivity contribution in [2.75, 3.05) is 14.2 Å². The van der Waals surface area contributed by atoms with Crippen molar-refractivity contribution in [3.8, 4) is 11.5 Å². The SMILES string of the molecule is COc1cc(/C=C2/N=C(c3ccccc3C)NC2=O)cc(OC)c1. The van der Waals surface area contributed by atoms with E-state index in [-0.39, 0.29) is 5.91 Å². The first kappa shape index (κ1) is 15.8. The van der Waals surface area contributed by atoms with Gasteiger partial charge in [-0.1, -0.05) is 24.3 Å². The Labute approximate surface area is 140 Å². The van der Waals surface area contributed by atoms with Crippen molar-refractivity contribution in [3.63, 3.8) is 0 Å². The fourth-order valence-corrected chi connectivity index (χ4v) is 2.51. The summed E-state index contributed by atoms with van der Waals surface area (Å²) in [6, 6.07) is 13.2. The highest BCUT2D eigenvalue weighted by Crippen LogP contribution is 2.25. The van der Waals surface area contributed by atoms with Crippen LogP contribution in [0.15, 0.2) is 53.2 Å². The lowest BCUT2D eigenvalue weighted by Gasteiger charge is -2.05. The number of aliphatic imine (C=N–C) groups is 1. The fourth-order valence-electron chi connectivity index (χ4n) is 2.51. The Bertz CT molecular complexity index is 831. The van der Waals surface area contributed by atoms with E-state index in [0.717, 1.165) is 16.7 Å². The van der Waals surface area contributed by atoms with Gasteiger partial charge in [-0.2, -0.15) is 0 Å². The standard InChI is InChI=1S/C19H18N2O3/c1-12-6-4-5-7-16(12)18-20-17(19(22)21-18)10-13-8-14(23-2)11-15(9-13)24-3/h4-11H,1-3H3,(H,20,21,22)/b17-10+. The lowest BCUT2D eigenvalue weighted by molar-refractivity contribution is -0.115. The van der Waals surface area contributed by atoms with E-state index in [1.807, 2.05) is 43.3 Å². The van der Waals surface area contributed by atoms with Gasteiger partial charge in [0.05, 0.1) is 14.2 Å². The van der Waals surface area contributed by atoms with Gasteiger partial charge in [-0.05, 0) is 36.3 Å². The molecule has 0 spiro atoms.